The van der Waals surface area contributed by atoms with Crippen LogP contribution < -0.4 is 29.7 Å². The van der Waals surface area contributed by atoms with Gasteiger partial charge in [0.15, 0.2) is 17.2 Å². The lowest BCUT2D eigenvalue weighted by Crippen LogP contribution is -2.26. The van der Waals surface area contributed by atoms with E-state index < -0.39 is 0 Å². The fourth-order valence-electron chi connectivity index (χ4n) is 3.90. The van der Waals surface area contributed by atoms with Crippen LogP contribution in [0, 0.1) is 0 Å². The highest BCUT2D eigenvalue weighted by Gasteiger charge is 2.31. The second kappa shape index (κ2) is 7.07. The molecule has 146 valence electrons. The Kier molecular flexibility index (Phi) is 4.58. The van der Waals surface area contributed by atoms with Crippen LogP contribution in [0.1, 0.15) is 30.5 Å². The van der Waals surface area contributed by atoms with Gasteiger partial charge in [-0.15, -0.1) is 0 Å². The van der Waals surface area contributed by atoms with Gasteiger partial charge in [0, 0.05) is 12.5 Å². The second-order valence-electron chi connectivity index (χ2n) is 6.75. The van der Waals surface area contributed by atoms with Gasteiger partial charge in [0.2, 0.25) is 23.9 Å². The Balaban J connectivity index is 2.04. The first kappa shape index (κ1) is 18.2. The van der Waals surface area contributed by atoms with E-state index >= 15 is 0 Å². The average molecular weight is 383 g/mol. The van der Waals surface area contributed by atoms with Crippen LogP contribution in [0.3, 0.4) is 0 Å². The van der Waals surface area contributed by atoms with E-state index in [0.717, 1.165) is 22.3 Å². The molecule has 0 fully saturated rings. The van der Waals surface area contributed by atoms with Crippen molar-refractivity contribution in [3.8, 4) is 34.1 Å². The summed E-state index contributed by atoms with van der Waals surface area (Å²) in [7, 11) is 3.05. The molecular formula is C21H21NO6. The first-order valence-corrected chi connectivity index (χ1v) is 9.02. The highest BCUT2D eigenvalue weighted by Crippen LogP contribution is 2.52. The summed E-state index contributed by atoms with van der Waals surface area (Å²) in [6.45, 7) is 1.57. The van der Waals surface area contributed by atoms with Gasteiger partial charge in [-0.25, -0.2) is 0 Å². The van der Waals surface area contributed by atoms with Crippen molar-refractivity contribution in [1.29, 1.82) is 0 Å². The summed E-state index contributed by atoms with van der Waals surface area (Å²) in [4.78, 5) is 24.4. The maximum absolute atomic E-state index is 12.6. The van der Waals surface area contributed by atoms with Gasteiger partial charge in [-0.2, -0.15) is 0 Å². The molecule has 4 rings (SSSR count). The van der Waals surface area contributed by atoms with E-state index in [1.54, 1.807) is 13.2 Å². The first-order valence-electron chi connectivity index (χ1n) is 9.02. The van der Waals surface area contributed by atoms with Gasteiger partial charge in [0.25, 0.3) is 0 Å². The number of aryl methyl sites for hydroxylation is 1. The lowest BCUT2D eigenvalue weighted by atomic mass is 9.95. The zero-order valence-electron chi connectivity index (χ0n) is 16.0. The summed E-state index contributed by atoms with van der Waals surface area (Å²) in [5, 5.41) is 2.97. The lowest BCUT2D eigenvalue weighted by Gasteiger charge is -2.17. The summed E-state index contributed by atoms with van der Waals surface area (Å²) in [5.74, 6) is 1.82. The molecule has 2 aliphatic rings. The number of nitrogens with one attached hydrogen (secondary N) is 1. The molecule has 0 aromatic heterocycles. The predicted octanol–water partition coefficient (Wildman–Crippen LogP) is 2.58. The highest BCUT2D eigenvalue weighted by atomic mass is 16.7. The van der Waals surface area contributed by atoms with Crippen LogP contribution in [-0.2, 0) is 11.2 Å². The van der Waals surface area contributed by atoms with Gasteiger partial charge < -0.3 is 24.3 Å². The monoisotopic (exact) mass is 383 g/mol. The minimum absolute atomic E-state index is 0.0989. The van der Waals surface area contributed by atoms with Crippen molar-refractivity contribution in [3.05, 3.63) is 45.6 Å². The van der Waals surface area contributed by atoms with Gasteiger partial charge in [0.05, 0.1) is 20.3 Å². The number of ether oxygens (including phenoxy) is 4. The van der Waals surface area contributed by atoms with Crippen molar-refractivity contribution in [2.75, 3.05) is 21.0 Å². The molecule has 0 bridgehead atoms. The fourth-order valence-corrected chi connectivity index (χ4v) is 3.90. The lowest BCUT2D eigenvalue weighted by molar-refractivity contribution is -0.119. The Morgan fingerprint density at radius 1 is 1.11 bits per heavy atom. The largest absolute Gasteiger partial charge is 0.493 e. The number of benzene rings is 1. The Morgan fingerprint density at radius 2 is 1.86 bits per heavy atom. The van der Waals surface area contributed by atoms with Crippen molar-refractivity contribution in [2.24, 2.45) is 0 Å². The minimum atomic E-state index is -0.311. The molecule has 1 aliphatic carbocycles. The molecule has 0 spiro atoms. The maximum atomic E-state index is 12.6. The normalized spacial score (nSPS) is 16.5. The summed E-state index contributed by atoms with van der Waals surface area (Å²) >= 11 is 0. The van der Waals surface area contributed by atoms with Crippen LogP contribution >= 0.6 is 0 Å². The van der Waals surface area contributed by atoms with Crippen LogP contribution in [0.2, 0.25) is 0 Å². The third kappa shape index (κ3) is 2.93. The first-order chi connectivity index (χ1) is 13.5. The average Bonchev–Trinajstić information content (AvgIpc) is 3.04. The van der Waals surface area contributed by atoms with E-state index in [-0.39, 0.29) is 29.9 Å². The van der Waals surface area contributed by atoms with E-state index in [1.165, 1.54) is 20.1 Å². The minimum Gasteiger partial charge on any atom is -0.493 e. The summed E-state index contributed by atoms with van der Waals surface area (Å²) in [5.41, 5.74) is 3.15. The standard InChI is InChI=1S/C21H21NO6/c1-11(23)22-15-6-4-12-8-18(26-3)20-21(28-10-27-20)19(12)13-5-7-17(25-2)16(24)9-14(13)15/h5,7-9,15H,4,6,10H2,1-3H3,(H,22,23)/t15-/m1/s1. The Morgan fingerprint density at radius 3 is 2.57 bits per heavy atom. The Bertz CT molecular complexity index is 1020. The third-order valence-corrected chi connectivity index (χ3v) is 5.10. The molecule has 1 heterocycles. The molecule has 1 aliphatic heterocycles. The molecule has 0 saturated heterocycles. The van der Waals surface area contributed by atoms with Crippen LogP contribution in [0.25, 0.3) is 11.1 Å². The fraction of sp³-hybridized carbons (Fsp3) is 0.333. The molecule has 0 radical (unpaired) electrons. The second-order valence-corrected chi connectivity index (χ2v) is 6.75. The molecular weight excluding hydrogens is 362 g/mol. The quantitative estimate of drug-likeness (QED) is 0.877. The summed E-state index contributed by atoms with van der Waals surface area (Å²) in [6, 6.07) is 6.64. The SMILES string of the molecule is COc1cc2c(c3c1OCO3)-c1ccc(OC)c(=O)cc1[C@H](NC(C)=O)CC2. The maximum Gasteiger partial charge on any atom is 0.231 e. The summed E-state index contributed by atoms with van der Waals surface area (Å²) < 4.78 is 22.1. The van der Waals surface area contributed by atoms with Gasteiger partial charge in [-0.3, -0.25) is 9.59 Å². The third-order valence-electron chi connectivity index (χ3n) is 5.10. The van der Waals surface area contributed by atoms with Crippen molar-refractivity contribution < 1.29 is 23.7 Å². The number of hydrogen-bond donors (Lipinski definition) is 1. The zero-order chi connectivity index (χ0) is 19.8. The number of carbonyl (C=O) groups is 1. The Labute approximate surface area is 162 Å². The number of amides is 1. The van der Waals surface area contributed by atoms with Gasteiger partial charge >= 0.3 is 0 Å². The van der Waals surface area contributed by atoms with E-state index in [1.807, 2.05) is 12.1 Å². The van der Waals surface area contributed by atoms with Gasteiger partial charge in [-0.05, 0) is 47.7 Å². The molecule has 2 aromatic carbocycles. The molecule has 7 nitrogen and oxygen atoms in total. The molecule has 7 heteroatoms. The molecule has 1 amide bonds. The molecule has 2 aromatic rings. The molecule has 0 unspecified atom stereocenters. The zero-order valence-corrected chi connectivity index (χ0v) is 16.0. The van der Waals surface area contributed by atoms with E-state index in [2.05, 4.69) is 5.32 Å². The van der Waals surface area contributed by atoms with Crippen LogP contribution in [0.4, 0.5) is 0 Å². The number of hydrogen-bond acceptors (Lipinski definition) is 6. The molecule has 1 atom stereocenters. The van der Waals surface area contributed by atoms with Gasteiger partial charge in [-0.1, -0.05) is 6.07 Å². The summed E-state index contributed by atoms with van der Waals surface area (Å²) in [6.07, 6.45) is 1.31. The predicted molar refractivity (Wildman–Crippen MR) is 102 cm³/mol. The van der Waals surface area contributed by atoms with E-state index in [0.29, 0.717) is 30.1 Å². The highest BCUT2D eigenvalue weighted by molar-refractivity contribution is 5.83. The van der Waals surface area contributed by atoms with Gasteiger partial charge in [0.1, 0.15) is 0 Å². The number of fused-ring (bicyclic) bond motifs is 5. The van der Waals surface area contributed by atoms with Crippen LogP contribution in [0.15, 0.2) is 29.1 Å². The molecule has 1 N–H and O–H groups in total. The smallest absolute Gasteiger partial charge is 0.231 e. The number of carbonyl (C=O) groups excluding carboxylic acids is 1. The molecule has 0 saturated carbocycles. The van der Waals surface area contributed by atoms with Crippen molar-refractivity contribution in [2.45, 2.75) is 25.8 Å². The Hall–Kier alpha value is -3.22. The van der Waals surface area contributed by atoms with Crippen molar-refractivity contribution in [3.63, 3.8) is 0 Å². The topological polar surface area (TPSA) is 83.1 Å². The van der Waals surface area contributed by atoms with Crippen LogP contribution in [-0.4, -0.2) is 26.9 Å². The number of methoxy groups -OCH3 is 2. The van der Waals surface area contributed by atoms with E-state index in [9.17, 15) is 9.59 Å². The van der Waals surface area contributed by atoms with E-state index in [4.69, 9.17) is 18.9 Å². The molecule has 28 heavy (non-hydrogen) atoms. The number of rotatable bonds is 3. The van der Waals surface area contributed by atoms with Crippen LogP contribution in [0.5, 0.6) is 23.0 Å². The van der Waals surface area contributed by atoms with Crippen molar-refractivity contribution >= 4 is 5.91 Å². The van der Waals surface area contributed by atoms with Crippen molar-refractivity contribution in [1.82, 2.24) is 5.32 Å².